The number of ether oxygens (including phenoxy) is 1. The van der Waals surface area contributed by atoms with Gasteiger partial charge in [-0.15, -0.1) is 0 Å². The Kier molecular flexibility index (Phi) is 2.64. The Bertz CT molecular complexity index is 273. The van der Waals surface area contributed by atoms with Crippen molar-refractivity contribution in [1.82, 2.24) is 10.2 Å². The Morgan fingerprint density at radius 3 is 2.56 bits per heavy atom. The summed E-state index contributed by atoms with van der Waals surface area (Å²) in [5.74, 6) is 0.326. The van der Waals surface area contributed by atoms with Gasteiger partial charge in [0, 0.05) is 18.5 Å². The Labute approximate surface area is 96.3 Å². The van der Waals surface area contributed by atoms with Crippen molar-refractivity contribution in [2.75, 3.05) is 32.8 Å². The molecule has 0 radical (unpaired) electrons. The summed E-state index contributed by atoms with van der Waals surface area (Å²) in [6, 6.07) is 0.103. The first-order valence-electron chi connectivity index (χ1n) is 6.39. The minimum atomic E-state index is 0.103. The highest BCUT2D eigenvalue weighted by molar-refractivity contribution is 5.82. The fourth-order valence-electron chi connectivity index (χ4n) is 3.00. The maximum Gasteiger partial charge on any atom is 0.239 e. The molecule has 1 amide bonds. The molecule has 4 nitrogen and oxygen atoms in total. The summed E-state index contributed by atoms with van der Waals surface area (Å²) in [5, 5.41) is 3.29. The predicted molar refractivity (Wildman–Crippen MR) is 60.1 cm³/mol. The van der Waals surface area contributed by atoms with Crippen LogP contribution in [0.4, 0.5) is 0 Å². The molecule has 16 heavy (non-hydrogen) atoms. The average molecular weight is 224 g/mol. The van der Waals surface area contributed by atoms with E-state index in [1.165, 1.54) is 0 Å². The molecule has 1 spiro atoms. The van der Waals surface area contributed by atoms with Crippen molar-refractivity contribution in [1.29, 1.82) is 0 Å². The molecule has 0 saturated carbocycles. The van der Waals surface area contributed by atoms with Gasteiger partial charge >= 0.3 is 0 Å². The molecule has 0 aromatic heterocycles. The maximum atomic E-state index is 12.1. The summed E-state index contributed by atoms with van der Waals surface area (Å²) in [6.45, 7) is 4.69. The normalized spacial score (nSPS) is 32.8. The second-order valence-electron chi connectivity index (χ2n) is 5.47. The molecule has 90 valence electrons. The van der Waals surface area contributed by atoms with Crippen LogP contribution in [0.25, 0.3) is 0 Å². The molecule has 3 fully saturated rings. The predicted octanol–water partition coefficient (Wildman–Crippen LogP) is 0.377. The summed E-state index contributed by atoms with van der Waals surface area (Å²) in [7, 11) is 0. The van der Waals surface area contributed by atoms with E-state index in [1.807, 2.05) is 4.90 Å². The molecular weight excluding hydrogens is 204 g/mol. The summed E-state index contributed by atoms with van der Waals surface area (Å²) in [4.78, 5) is 14.2. The van der Waals surface area contributed by atoms with E-state index in [-0.39, 0.29) is 6.04 Å². The highest BCUT2D eigenvalue weighted by atomic mass is 16.5. The minimum Gasteiger partial charge on any atom is -0.380 e. The number of piperidine rings is 1. The zero-order chi connectivity index (χ0) is 11.0. The molecule has 3 aliphatic rings. The molecule has 3 rings (SSSR count). The molecule has 0 unspecified atom stereocenters. The number of nitrogens with zero attached hydrogens (tertiary/aromatic N) is 1. The van der Waals surface area contributed by atoms with Gasteiger partial charge in [0.25, 0.3) is 0 Å². The summed E-state index contributed by atoms with van der Waals surface area (Å²) in [5.41, 5.74) is 0.430. The van der Waals surface area contributed by atoms with Crippen molar-refractivity contribution in [3.05, 3.63) is 0 Å². The second-order valence-corrected chi connectivity index (χ2v) is 5.47. The third-order valence-corrected chi connectivity index (χ3v) is 4.31. The lowest BCUT2D eigenvalue weighted by atomic mass is 9.77. The van der Waals surface area contributed by atoms with Gasteiger partial charge in [-0.1, -0.05) is 0 Å². The van der Waals surface area contributed by atoms with E-state index in [0.717, 1.165) is 58.5 Å². The van der Waals surface area contributed by atoms with Crippen LogP contribution in [0.1, 0.15) is 25.7 Å². The Morgan fingerprint density at radius 2 is 2.06 bits per heavy atom. The minimum absolute atomic E-state index is 0.103. The van der Waals surface area contributed by atoms with Crippen LogP contribution in [0.15, 0.2) is 0 Å². The van der Waals surface area contributed by atoms with Gasteiger partial charge in [0.15, 0.2) is 0 Å². The van der Waals surface area contributed by atoms with Crippen molar-refractivity contribution in [3.63, 3.8) is 0 Å². The number of hydrogen-bond acceptors (Lipinski definition) is 3. The maximum absolute atomic E-state index is 12.1. The van der Waals surface area contributed by atoms with Gasteiger partial charge in [0.1, 0.15) is 0 Å². The number of nitrogens with one attached hydrogen (secondary N) is 1. The summed E-state index contributed by atoms with van der Waals surface area (Å²) in [6.07, 6.45) is 4.42. The fraction of sp³-hybridized carbons (Fsp3) is 0.917. The van der Waals surface area contributed by atoms with E-state index in [9.17, 15) is 4.79 Å². The van der Waals surface area contributed by atoms with E-state index >= 15 is 0 Å². The monoisotopic (exact) mass is 224 g/mol. The molecule has 0 aromatic rings. The molecule has 3 aliphatic heterocycles. The van der Waals surface area contributed by atoms with Crippen LogP contribution in [-0.4, -0.2) is 49.7 Å². The van der Waals surface area contributed by atoms with Gasteiger partial charge in [-0.2, -0.15) is 0 Å². The molecule has 4 heteroatoms. The lowest BCUT2D eigenvalue weighted by Crippen LogP contribution is -2.54. The second kappa shape index (κ2) is 4.00. The van der Waals surface area contributed by atoms with Gasteiger partial charge in [-0.05, 0) is 32.2 Å². The van der Waals surface area contributed by atoms with Gasteiger partial charge in [-0.3, -0.25) is 4.79 Å². The zero-order valence-electron chi connectivity index (χ0n) is 9.71. The molecule has 0 aliphatic carbocycles. The number of carbonyl (C=O) groups is 1. The first-order valence-corrected chi connectivity index (χ1v) is 6.39. The highest BCUT2D eigenvalue weighted by Gasteiger charge is 2.42. The average Bonchev–Trinajstić information content (AvgIpc) is 2.80. The number of amides is 1. The molecule has 3 heterocycles. The van der Waals surface area contributed by atoms with E-state index in [2.05, 4.69) is 5.32 Å². The summed E-state index contributed by atoms with van der Waals surface area (Å²) >= 11 is 0. The van der Waals surface area contributed by atoms with Crippen LogP contribution in [0.5, 0.6) is 0 Å². The van der Waals surface area contributed by atoms with Gasteiger partial charge < -0.3 is 15.0 Å². The number of likely N-dealkylation sites (tertiary alicyclic amines) is 1. The van der Waals surface area contributed by atoms with E-state index in [1.54, 1.807) is 0 Å². The Morgan fingerprint density at radius 1 is 1.31 bits per heavy atom. The molecule has 0 bridgehead atoms. The topological polar surface area (TPSA) is 41.6 Å². The van der Waals surface area contributed by atoms with E-state index in [4.69, 9.17) is 4.74 Å². The van der Waals surface area contributed by atoms with Crippen molar-refractivity contribution < 1.29 is 9.53 Å². The standard InChI is InChI=1S/C12H20N2O2/c15-11(10-2-1-5-13-10)14-6-3-12(4-7-14)8-16-9-12/h10,13H,1-9H2/t10-/m1/s1. The van der Waals surface area contributed by atoms with Crippen LogP contribution >= 0.6 is 0 Å². The molecule has 1 N–H and O–H groups in total. The Hall–Kier alpha value is -0.610. The van der Waals surface area contributed by atoms with Gasteiger partial charge in [-0.25, -0.2) is 0 Å². The first-order chi connectivity index (χ1) is 7.79. The third kappa shape index (κ3) is 1.74. The molecule has 1 atom stereocenters. The van der Waals surface area contributed by atoms with Crippen LogP contribution in [0.3, 0.4) is 0 Å². The van der Waals surface area contributed by atoms with Crippen LogP contribution < -0.4 is 5.32 Å². The van der Waals surface area contributed by atoms with Crippen molar-refractivity contribution in [2.45, 2.75) is 31.7 Å². The number of hydrogen-bond donors (Lipinski definition) is 1. The van der Waals surface area contributed by atoms with Crippen LogP contribution in [0.2, 0.25) is 0 Å². The van der Waals surface area contributed by atoms with Crippen molar-refractivity contribution in [2.24, 2.45) is 5.41 Å². The SMILES string of the molecule is O=C([C@H]1CCCN1)N1CCC2(CC1)COC2. The smallest absolute Gasteiger partial charge is 0.239 e. The Balaban J connectivity index is 1.54. The van der Waals surface area contributed by atoms with E-state index in [0.29, 0.717) is 11.3 Å². The quantitative estimate of drug-likeness (QED) is 0.700. The summed E-state index contributed by atoms with van der Waals surface area (Å²) < 4.78 is 5.30. The zero-order valence-corrected chi connectivity index (χ0v) is 9.71. The first kappa shape index (κ1) is 10.5. The lowest BCUT2D eigenvalue weighted by Gasteiger charge is -2.47. The lowest BCUT2D eigenvalue weighted by molar-refractivity contribution is -0.154. The number of rotatable bonds is 1. The van der Waals surface area contributed by atoms with Gasteiger partial charge in [0.05, 0.1) is 19.3 Å². The molecule has 3 saturated heterocycles. The third-order valence-electron chi connectivity index (χ3n) is 4.31. The number of carbonyl (C=O) groups excluding carboxylic acids is 1. The van der Waals surface area contributed by atoms with Crippen LogP contribution in [0, 0.1) is 5.41 Å². The highest BCUT2D eigenvalue weighted by Crippen LogP contribution is 2.38. The molecule has 0 aromatic carbocycles. The molecular formula is C12H20N2O2. The van der Waals surface area contributed by atoms with Crippen molar-refractivity contribution >= 4 is 5.91 Å². The van der Waals surface area contributed by atoms with Crippen molar-refractivity contribution in [3.8, 4) is 0 Å². The van der Waals surface area contributed by atoms with Crippen LogP contribution in [-0.2, 0) is 9.53 Å². The van der Waals surface area contributed by atoms with Gasteiger partial charge in [0.2, 0.25) is 5.91 Å². The van der Waals surface area contributed by atoms with E-state index < -0.39 is 0 Å². The largest absolute Gasteiger partial charge is 0.380 e. The fourth-order valence-corrected chi connectivity index (χ4v) is 3.00.